The van der Waals surface area contributed by atoms with Gasteiger partial charge in [0.15, 0.2) is 5.16 Å². The van der Waals surface area contributed by atoms with Crippen LogP contribution in [0, 0.1) is 6.92 Å². The maximum absolute atomic E-state index is 6.15. The predicted octanol–water partition coefficient (Wildman–Crippen LogP) is 1.92. The van der Waals surface area contributed by atoms with Gasteiger partial charge < -0.3 is 5.73 Å². The first-order valence-electron chi connectivity index (χ1n) is 5.46. The fraction of sp³-hybridized carbons (Fsp3) is 0.333. The van der Waals surface area contributed by atoms with Crippen LogP contribution >= 0.6 is 11.8 Å². The molecule has 1 aromatic carbocycles. The summed E-state index contributed by atoms with van der Waals surface area (Å²) in [5.41, 5.74) is 8.56. The summed E-state index contributed by atoms with van der Waals surface area (Å²) in [6.07, 6.45) is 1.56. The van der Waals surface area contributed by atoms with Gasteiger partial charge in [0.05, 0.1) is 0 Å². The van der Waals surface area contributed by atoms with E-state index in [1.165, 1.54) is 11.1 Å². The van der Waals surface area contributed by atoms with E-state index in [2.05, 4.69) is 35.2 Å². The van der Waals surface area contributed by atoms with Crippen LogP contribution in [0.1, 0.15) is 17.2 Å². The first kappa shape index (κ1) is 12.1. The summed E-state index contributed by atoms with van der Waals surface area (Å²) < 4.78 is 1.76. The highest BCUT2D eigenvalue weighted by Gasteiger charge is 2.09. The number of aryl methyl sites for hydroxylation is 2. The molecule has 1 atom stereocenters. The summed E-state index contributed by atoms with van der Waals surface area (Å²) in [6, 6.07) is 8.33. The highest BCUT2D eigenvalue weighted by Crippen LogP contribution is 2.21. The number of aromatic nitrogens is 3. The zero-order valence-electron chi connectivity index (χ0n) is 10.00. The molecule has 0 aliphatic rings. The molecule has 0 saturated carbocycles. The van der Waals surface area contributed by atoms with Crippen molar-refractivity contribution < 1.29 is 0 Å². The summed E-state index contributed by atoms with van der Waals surface area (Å²) in [5, 5.41) is 4.92. The Balaban J connectivity index is 1.98. The second-order valence-electron chi connectivity index (χ2n) is 4.00. The number of nitrogens with zero attached hydrogens (tertiary/aromatic N) is 3. The van der Waals surface area contributed by atoms with Crippen molar-refractivity contribution in [2.75, 3.05) is 5.75 Å². The third kappa shape index (κ3) is 3.08. The van der Waals surface area contributed by atoms with Gasteiger partial charge in [0, 0.05) is 18.8 Å². The SMILES string of the molecule is Cc1cccc(C(N)CSc2ncnn2C)c1. The van der Waals surface area contributed by atoms with Crippen LogP contribution in [0.5, 0.6) is 0 Å². The van der Waals surface area contributed by atoms with E-state index >= 15 is 0 Å². The van der Waals surface area contributed by atoms with Crippen LogP contribution in [0.25, 0.3) is 0 Å². The maximum atomic E-state index is 6.15. The van der Waals surface area contributed by atoms with Gasteiger partial charge in [-0.05, 0) is 12.5 Å². The summed E-state index contributed by atoms with van der Waals surface area (Å²) in [6.45, 7) is 2.08. The van der Waals surface area contributed by atoms with Gasteiger partial charge in [-0.25, -0.2) is 9.67 Å². The molecule has 0 bridgehead atoms. The Kier molecular flexibility index (Phi) is 3.81. The molecule has 0 aliphatic carbocycles. The van der Waals surface area contributed by atoms with Gasteiger partial charge in [-0.3, -0.25) is 0 Å². The number of nitrogens with two attached hydrogens (primary N) is 1. The Labute approximate surface area is 105 Å². The first-order valence-corrected chi connectivity index (χ1v) is 6.44. The normalized spacial score (nSPS) is 12.6. The summed E-state index contributed by atoms with van der Waals surface area (Å²) in [4.78, 5) is 4.16. The molecule has 1 unspecified atom stereocenters. The summed E-state index contributed by atoms with van der Waals surface area (Å²) >= 11 is 1.63. The second kappa shape index (κ2) is 5.33. The smallest absolute Gasteiger partial charge is 0.185 e. The molecule has 2 aromatic rings. The molecule has 0 aliphatic heterocycles. The van der Waals surface area contributed by atoms with Crippen LogP contribution < -0.4 is 5.73 Å². The Hall–Kier alpha value is -1.33. The van der Waals surface area contributed by atoms with E-state index in [9.17, 15) is 0 Å². The number of thioether (sulfide) groups is 1. The van der Waals surface area contributed by atoms with Crippen LogP contribution in [0.4, 0.5) is 0 Å². The van der Waals surface area contributed by atoms with Crippen molar-refractivity contribution >= 4 is 11.8 Å². The molecule has 0 amide bonds. The van der Waals surface area contributed by atoms with Crippen molar-refractivity contribution in [3.63, 3.8) is 0 Å². The van der Waals surface area contributed by atoms with Crippen molar-refractivity contribution in [1.29, 1.82) is 0 Å². The van der Waals surface area contributed by atoms with E-state index in [4.69, 9.17) is 5.73 Å². The Morgan fingerprint density at radius 1 is 1.47 bits per heavy atom. The van der Waals surface area contributed by atoms with Crippen LogP contribution in [-0.4, -0.2) is 20.5 Å². The van der Waals surface area contributed by atoms with Gasteiger partial charge >= 0.3 is 0 Å². The van der Waals surface area contributed by atoms with Crippen molar-refractivity contribution in [1.82, 2.24) is 14.8 Å². The van der Waals surface area contributed by atoms with Crippen LogP contribution in [0.2, 0.25) is 0 Å². The number of hydrogen-bond donors (Lipinski definition) is 1. The van der Waals surface area contributed by atoms with Gasteiger partial charge in [0.2, 0.25) is 0 Å². The molecule has 90 valence electrons. The van der Waals surface area contributed by atoms with Crippen LogP contribution in [0.15, 0.2) is 35.7 Å². The molecule has 17 heavy (non-hydrogen) atoms. The number of rotatable bonds is 4. The van der Waals surface area contributed by atoms with E-state index in [0.717, 1.165) is 10.9 Å². The lowest BCUT2D eigenvalue weighted by atomic mass is 10.1. The molecule has 0 saturated heterocycles. The zero-order chi connectivity index (χ0) is 12.3. The quantitative estimate of drug-likeness (QED) is 0.840. The zero-order valence-corrected chi connectivity index (χ0v) is 10.8. The standard InChI is InChI=1S/C12H16N4S/c1-9-4-3-5-10(6-9)11(13)7-17-12-14-8-15-16(12)2/h3-6,8,11H,7,13H2,1-2H3. The van der Waals surface area contributed by atoms with Crippen LogP contribution in [-0.2, 0) is 7.05 Å². The van der Waals surface area contributed by atoms with Crippen molar-refractivity contribution in [2.45, 2.75) is 18.1 Å². The van der Waals surface area contributed by atoms with Crippen molar-refractivity contribution in [3.05, 3.63) is 41.7 Å². The topological polar surface area (TPSA) is 56.7 Å². The molecule has 0 spiro atoms. The number of hydrogen-bond acceptors (Lipinski definition) is 4. The minimum atomic E-state index is 0.0246. The first-order chi connectivity index (χ1) is 8.16. The molecule has 2 rings (SSSR count). The summed E-state index contributed by atoms with van der Waals surface area (Å²) in [7, 11) is 1.88. The molecule has 2 N–H and O–H groups in total. The van der Waals surface area contributed by atoms with Crippen LogP contribution in [0.3, 0.4) is 0 Å². The molecule has 4 nitrogen and oxygen atoms in total. The number of benzene rings is 1. The van der Waals surface area contributed by atoms with Crippen molar-refractivity contribution in [3.8, 4) is 0 Å². The fourth-order valence-corrected chi connectivity index (χ4v) is 2.45. The largest absolute Gasteiger partial charge is 0.323 e. The molecular formula is C12H16N4S. The Morgan fingerprint density at radius 3 is 2.94 bits per heavy atom. The second-order valence-corrected chi connectivity index (χ2v) is 4.99. The van der Waals surface area contributed by atoms with E-state index < -0.39 is 0 Å². The summed E-state index contributed by atoms with van der Waals surface area (Å²) in [5.74, 6) is 0.802. The van der Waals surface area contributed by atoms with E-state index in [1.807, 2.05) is 13.1 Å². The molecule has 1 aromatic heterocycles. The molecule has 0 fully saturated rings. The lowest BCUT2D eigenvalue weighted by Gasteiger charge is -2.11. The van der Waals surface area contributed by atoms with E-state index in [-0.39, 0.29) is 6.04 Å². The Bertz CT molecular complexity index is 495. The van der Waals surface area contributed by atoms with E-state index in [1.54, 1.807) is 22.8 Å². The lowest BCUT2D eigenvalue weighted by molar-refractivity contribution is 0.683. The van der Waals surface area contributed by atoms with E-state index in [0.29, 0.717) is 0 Å². The van der Waals surface area contributed by atoms with Gasteiger partial charge in [-0.2, -0.15) is 5.10 Å². The maximum Gasteiger partial charge on any atom is 0.185 e. The van der Waals surface area contributed by atoms with Gasteiger partial charge in [-0.15, -0.1) is 0 Å². The third-order valence-electron chi connectivity index (χ3n) is 2.53. The van der Waals surface area contributed by atoms with Gasteiger partial charge in [-0.1, -0.05) is 41.6 Å². The molecule has 5 heteroatoms. The van der Waals surface area contributed by atoms with Gasteiger partial charge in [0.1, 0.15) is 6.33 Å². The molecular weight excluding hydrogens is 232 g/mol. The Morgan fingerprint density at radius 2 is 2.29 bits per heavy atom. The minimum absolute atomic E-state index is 0.0246. The highest BCUT2D eigenvalue weighted by molar-refractivity contribution is 7.99. The minimum Gasteiger partial charge on any atom is -0.323 e. The highest BCUT2D eigenvalue weighted by atomic mass is 32.2. The van der Waals surface area contributed by atoms with Gasteiger partial charge in [0.25, 0.3) is 0 Å². The third-order valence-corrected chi connectivity index (χ3v) is 3.69. The lowest BCUT2D eigenvalue weighted by Crippen LogP contribution is -2.13. The predicted molar refractivity (Wildman–Crippen MR) is 69.8 cm³/mol. The average Bonchev–Trinajstić information content (AvgIpc) is 2.72. The fourth-order valence-electron chi connectivity index (χ4n) is 1.58. The average molecular weight is 248 g/mol. The molecule has 1 heterocycles. The molecule has 0 radical (unpaired) electrons. The monoisotopic (exact) mass is 248 g/mol. The van der Waals surface area contributed by atoms with Crippen molar-refractivity contribution in [2.24, 2.45) is 12.8 Å².